The molecule has 1 N–H and O–H groups in total. The van der Waals surface area contributed by atoms with Crippen LogP contribution in [0.2, 0.25) is 0 Å². The van der Waals surface area contributed by atoms with E-state index in [1.165, 1.54) is 0 Å². The first-order valence-corrected chi connectivity index (χ1v) is 12.6. The van der Waals surface area contributed by atoms with Crippen LogP contribution in [-0.4, -0.2) is 44.2 Å². The number of anilines is 2. The van der Waals surface area contributed by atoms with Crippen LogP contribution in [0.3, 0.4) is 0 Å². The number of fused-ring (bicyclic) bond motifs is 2. The van der Waals surface area contributed by atoms with E-state index in [0.29, 0.717) is 31.4 Å². The molecule has 0 aromatic heterocycles. The summed E-state index contributed by atoms with van der Waals surface area (Å²) >= 11 is 0. The molecule has 0 bridgehead atoms. The topological polar surface area (TPSA) is 54.0 Å². The van der Waals surface area contributed by atoms with Crippen LogP contribution in [0.5, 0.6) is 11.5 Å². The Hall–Kier alpha value is -3.67. The van der Waals surface area contributed by atoms with Crippen molar-refractivity contribution in [2.75, 3.05) is 37.5 Å². The second-order valence-electron chi connectivity index (χ2n) is 9.91. The summed E-state index contributed by atoms with van der Waals surface area (Å²) in [5, 5.41) is 3.55. The standard InChI is InChI=1S/C30H37N3O3/c1-22(2)16-26-20-36-29-15-8-6-10-23(29)18-31-28-14-7-5-11-24(28)19-33(26)30(34)21-35-27-13-9-12-25(17-27)32(3)4/h5-15,17,22,26,31H,16,18-21H2,1-4H3/t26-/m0/s1. The molecule has 1 aliphatic rings. The van der Waals surface area contributed by atoms with Gasteiger partial charge in [0.05, 0.1) is 6.04 Å². The number of hydrogen-bond acceptors (Lipinski definition) is 5. The molecule has 4 rings (SSSR count). The highest BCUT2D eigenvalue weighted by atomic mass is 16.5. The number of ether oxygens (including phenoxy) is 2. The van der Waals surface area contributed by atoms with Gasteiger partial charge in [0.15, 0.2) is 6.61 Å². The third-order valence-electron chi connectivity index (χ3n) is 6.43. The second kappa shape index (κ2) is 11.8. The molecule has 0 unspecified atom stereocenters. The number of para-hydroxylation sites is 2. The van der Waals surface area contributed by atoms with Gasteiger partial charge in [-0.1, -0.05) is 56.3 Å². The molecule has 0 saturated carbocycles. The molecule has 1 amide bonds. The summed E-state index contributed by atoms with van der Waals surface area (Å²) in [6, 6.07) is 24.0. The lowest BCUT2D eigenvalue weighted by Gasteiger charge is -2.33. The maximum Gasteiger partial charge on any atom is 0.261 e. The van der Waals surface area contributed by atoms with E-state index in [1.807, 2.05) is 78.5 Å². The minimum absolute atomic E-state index is 0.0301. The second-order valence-corrected chi connectivity index (χ2v) is 9.91. The zero-order valence-electron chi connectivity index (χ0n) is 21.7. The van der Waals surface area contributed by atoms with E-state index in [4.69, 9.17) is 9.47 Å². The van der Waals surface area contributed by atoms with Gasteiger partial charge < -0.3 is 24.6 Å². The maximum atomic E-state index is 13.7. The Morgan fingerprint density at radius 2 is 1.81 bits per heavy atom. The molecule has 36 heavy (non-hydrogen) atoms. The van der Waals surface area contributed by atoms with Crippen LogP contribution < -0.4 is 19.7 Å². The molecular formula is C30H37N3O3. The number of nitrogens with one attached hydrogen (secondary N) is 1. The molecule has 0 radical (unpaired) electrons. The summed E-state index contributed by atoms with van der Waals surface area (Å²) < 4.78 is 12.3. The number of hydrogen-bond donors (Lipinski definition) is 1. The van der Waals surface area contributed by atoms with Crippen molar-refractivity contribution < 1.29 is 14.3 Å². The number of carbonyl (C=O) groups excluding carboxylic acids is 1. The van der Waals surface area contributed by atoms with Gasteiger partial charge in [0.25, 0.3) is 5.91 Å². The number of carbonyl (C=O) groups is 1. The van der Waals surface area contributed by atoms with E-state index in [1.54, 1.807) is 0 Å². The van der Waals surface area contributed by atoms with Gasteiger partial charge in [0.2, 0.25) is 0 Å². The zero-order chi connectivity index (χ0) is 25.5. The molecule has 0 aliphatic carbocycles. The van der Waals surface area contributed by atoms with E-state index in [0.717, 1.165) is 34.7 Å². The molecule has 1 heterocycles. The molecule has 6 heteroatoms. The van der Waals surface area contributed by atoms with Crippen LogP contribution in [0.4, 0.5) is 11.4 Å². The van der Waals surface area contributed by atoms with Gasteiger partial charge in [-0.25, -0.2) is 0 Å². The van der Waals surface area contributed by atoms with Crippen molar-refractivity contribution in [3.63, 3.8) is 0 Å². The SMILES string of the molecule is CC(C)C[C@H]1COc2ccccc2CNc2ccccc2CN1C(=O)COc1cccc(N(C)C)c1. The van der Waals surface area contributed by atoms with Gasteiger partial charge in [-0.05, 0) is 42.2 Å². The lowest BCUT2D eigenvalue weighted by atomic mass is 10.0. The molecule has 1 atom stereocenters. The number of rotatable bonds is 6. The van der Waals surface area contributed by atoms with Crippen LogP contribution >= 0.6 is 0 Å². The molecule has 190 valence electrons. The number of amides is 1. The van der Waals surface area contributed by atoms with Crippen molar-refractivity contribution in [1.29, 1.82) is 0 Å². The van der Waals surface area contributed by atoms with Gasteiger partial charge >= 0.3 is 0 Å². The molecule has 6 nitrogen and oxygen atoms in total. The minimum Gasteiger partial charge on any atom is -0.491 e. The number of benzene rings is 3. The highest BCUT2D eigenvalue weighted by Gasteiger charge is 2.27. The van der Waals surface area contributed by atoms with Gasteiger partial charge in [0, 0.05) is 50.2 Å². The van der Waals surface area contributed by atoms with E-state index in [9.17, 15) is 4.79 Å². The Morgan fingerprint density at radius 3 is 2.58 bits per heavy atom. The van der Waals surface area contributed by atoms with E-state index in [-0.39, 0.29) is 18.6 Å². The first-order valence-electron chi connectivity index (χ1n) is 12.6. The van der Waals surface area contributed by atoms with Crippen LogP contribution in [0, 0.1) is 5.92 Å². The molecule has 0 fully saturated rings. The van der Waals surface area contributed by atoms with Gasteiger partial charge in [0.1, 0.15) is 18.1 Å². The third kappa shape index (κ3) is 6.51. The van der Waals surface area contributed by atoms with Crippen LogP contribution in [-0.2, 0) is 17.9 Å². The Labute approximate surface area is 214 Å². The molecule has 0 saturated heterocycles. The van der Waals surface area contributed by atoms with Crippen molar-refractivity contribution in [1.82, 2.24) is 4.90 Å². The third-order valence-corrected chi connectivity index (χ3v) is 6.43. The van der Waals surface area contributed by atoms with Crippen LogP contribution in [0.15, 0.2) is 72.8 Å². The lowest BCUT2D eigenvalue weighted by Crippen LogP contribution is -2.46. The summed E-state index contributed by atoms with van der Waals surface area (Å²) in [5.74, 6) is 1.88. The van der Waals surface area contributed by atoms with E-state index < -0.39 is 0 Å². The Morgan fingerprint density at radius 1 is 1.06 bits per heavy atom. The monoisotopic (exact) mass is 487 g/mol. The first-order chi connectivity index (χ1) is 17.4. The summed E-state index contributed by atoms with van der Waals surface area (Å²) in [4.78, 5) is 17.7. The first kappa shape index (κ1) is 25.4. The summed E-state index contributed by atoms with van der Waals surface area (Å²) in [6.07, 6.45) is 0.833. The maximum absolute atomic E-state index is 13.7. The highest BCUT2D eigenvalue weighted by molar-refractivity contribution is 5.78. The van der Waals surface area contributed by atoms with E-state index in [2.05, 4.69) is 37.4 Å². The molecular weight excluding hydrogens is 450 g/mol. The largest absolute Gasteiger partial charge is 0.491 e. The Kier molecular flexibility index (Phi) is 8.36. The minimum atomic E-state index is -0.0894. The van der Waals surface area contributed by atoms with Crippen LogP contribution in [0.1, 0.15) is 31.4 Å². The van der Waals surface area contributed by atoms with Crippen molar-refractivity contribution in [2.24, 2.45) is 5.92 Å². The molecule has 1 aliphatic heterocycles. The average Bonchev–Trinajstić information content (AvgIpc) is 2.90. The highest BCUT2D eigenvalue weighted by Crippen LogP contribution is 2.27. The van der Waals surface area contributed by atoms with Crippen LogP contribution in [0.25, 0.3) is 0 Å². The van der Waals surface area contributed by atoms with Crippen molar-refractivity contribution >= 4 is 17.3 Å². The normalized spacial score (nSPS) is 15.6. The van der Waals surface area contributed by atoms with Crippen molar-refractivity contribution in [3.05, 3.63) is 83.9 Å². The molecule has 0 spiro atoms. The quantitative estimate of drug-likeness (QED) is 0.492. The van der Waals surface area contributed by atoms with Gasteiger partial charge in [-0.3, -0.25) is 4.79 Å². The fourth-order valence-electron chi connectivity index (χ4n) is 4.51. The summed E-state index contributed by atoms with van der Waals surface area (Å²) in [6.45, 7) is 5.90. The Balaban J connectivity index is 1.63. The van der Waals surface area contributed by atoms with E-state index >= 15 is 0 Å². The summed E-state index contributed by atoms with van der Waals surface area (Å²) in [7, 11) is 3.97. The average molecular weight is 488 g/mol. The fourth-order valence-corrected chi connectivity index (χ4v) is 4.51. The predicted molar refractivity (Wildman–Crippen MR) is 146 cm³/mol. The zero-order valence-corrected chi connectivity index (χ0v) is 21.7. The predicted octanol–water partition coefficient (Wildman–Crippen LogP) is 5.58. The summed E-state index contributed by atoms with van der Waals surface area (Å²) in [5.41, 5.74) is 4.22. The lowest BCUT2D eigenvalue weighted by molar-refractivity contribution is -0.137. The molecule has 3 aromatic carbocycles. The molecule has 3 aromatic rings. The van der Waals surface area contributed by atoms with Crippen molar-refractivity contribution in [2.45, 2.75) is 39.4 Å². The smallest absolute Gasteiger partial charge is 0.261 e. The van der Waals surface area contributed by atoms with Gasteiger partial charge in [-0.15, -0.1) is 0 Å². The Bertz CT molecular complexity index is 1160. The fraction of sp³-hybridized carbons (Fsp3) is 0.367. The number of nitrogens with zero attached hydrogens (tertiary/aromatic N) is 2. The van der Waals surface area contributed by atoms with Gasteiger partial charge in [-0.2, -0.15) is 0 Å². The van der Waals surface area contributed by atoms with Crippen molar-refractivity contribution in [3.8, 4) is 11.5 Å².